The standard InChI is InChI=1S/C45H36F2O11/c1-45(2,3)41-38-37(43(49)58-41)35(22-10-14-24(47)15-11-22)26-17-31(52-5)33(54-7)19-28(26)40(38)57-44(50)56-39-27-18-32(53-6)30(51-4)16-25(27)34(21-8-12-23(46)13-9-21)36-29(39)20-55-42(36)48/h8-19,41H,20H2,1-7H3. The van der Waals surface area contributed by atoms with Crippen molar-refractivity contribution >= 4 is 39.6 Å². The van der Waals surface area contributed by atoms with Crippen molar-refractivity contribution in [2.75, 3.05) is 28.4 Å². The monoisotopic (exact) mass is 790 g/mol. The van der Waals surface area contributed by atoms with Gasteiger partial charge >= 0.3 is 18.1 Å². The molecular weight excluding hydrogens is 754 g/mol. The third-order valence-electron chi connectivity index (χ3n) is 10.3. The lowest BCUT2D eigenvalue weighted by Gasteiger charge is -2.28. The summed E-state index contributed by atoms with van der Waals surface area (Å²) >= 11 is 0. The summed E-state index contributed by atoms with van der Waals surface area (Å²) < 4.78 is 74.8. The van der Waals surface area contributed by atoms with Crippen molar-refractivity contribution in [2.24, 2.45) is 5.41 Å². The minimum absolute atomic E-state index is 0.0527. The maximum atomic E-state index is 14.4. The SMILES string of the molecule is COc1cc2c(OC(=O)Oc3c4c(c(-c5ccc(F)cc5)c5cc(OC)c(OC)cc35)C(=O)OC4C(C)(C)C)c3c(c(-c4ccc(F)cc4)c2cc1OC)C(=O)OC3. The van der Waals surface area contributed by atoms with Gasteiger partial charge in [-0.05, 0) is 70.4 Å². The highest BCUT2D eigenvalue weighted by Gasteiger charge is 2.45. The van der Waals surface area contributed by atoms with Crippen molar-refractivity contribution in [1.29, 1.82) is 0 Å². The second-order valence-electron chi connectivity index (χ2n) is 14.8. The number of methoxy groups -OCH3 is 4. The normalized spacial score (nSPS) is 14.5. The Morgan fingerprint density at radius 1 is 0.603 bits per heavy atom. The van der Waals surface area contributed by atoms with Gasteiger partial charge in [0.25, 0.3) is 0 Å². The minimum Gasteiger partial charge on any atom is -0.493 e. The molecule has 2 aliphatic heterocycles. The van der Waals surface area contributed by atoms with Crippen LogP contribution in [0.1, 0.15) is 58.7 Å². The number of benzene rings is 6. The Balaban J connectivity index is 1.37. The third-order valence-corrected chi connectivity index (χ3v) is 10.3. The van der Waals surface area contributed by atoms with E-state index in [1.165, 1.54) is 64.8 Å². The molecule has 0 saturated heterocycles. The Hall–Kier alpha value is -6.89. The van der Waals surface area contributed by atoms with Gasteiger partial charge in [-0.1, -0.05) is 45.0 Å². The zero-order valence-corrected chi connectivity index (χ0v) is 32.5. The molecule has 0 radical (unpaired) electrons. The minimum atomic E-state index is -1.23. The van der Waals surface area contributed by atoms with Crippen LogP contribution in [0.4, 0.5) is 13.6 Å². The van der Waals surface area contributed by atoms with Crippen molar-refractivity contribution in [3.8, 4) is 56.8 Å². The molecule has 0 N–H and O–H groups in total. The molecule has 296 valence electrons. The molecule has 6 aromatic rings. The molecule has 1 atom stereocenters. The fourth-order valence-electron chi connectivity index (χ4n) is 7.75. The van der Waals surface area contributed by atoms with Crippen molar-refractivity contribution in [2.45, 2.75) is 33.5 Å². The van der Waals surface area contributed by atoms with E-state index >= 15 is 0 Å². The van der Waals surface area contributed by atoms with Crippen LogP contribution in [0.15, 0.2) is 72.8 Å². The molecule has 0 aromatic heterocycles. The first kappa shape index (κ1) is 38.0. The maximum absolute atomic E-state index is 14.4. The number of ether oxygens (including phenoxy) is 8. The fraction of sp³-hybridized carbons (Fsp3) is 0.222. The topological polar surface area (TPSA) is 125 Å². The molecule has 0 spiro atoms. The summed E-state index contributed by atoms with van der Waals surface area (Å²) in [6, 6.07) is 17.7. The molecule has 0 aliphatic carbocycles. The number of carbonyl (C=O) groups is 3. The van der Waals surface area contributed by atoms with E-state index < -0.39 is 41.2 Å². The number of carbonyl (C=O) groups excluding carboxylic acids is 3. The maximum Gasteiger partial charge on any atom is 0.519 e. The molecule has 58 heavy (non-hydrogen) atoms. The predicted molar refractivity (Wildman–Crippen MR) is 208 cm³/mol. The van der Waals surface area contributed by atoms with Crippen molar-refractivity contribution in [3.05, 3.63) is 107 Å². The van der Waals surface area contributed by atoms with Crippen LogP contribution < -0.4 is 28.4 Å². The summed E-state index contributed by atoms with van der Waals surface area (Å²) in [4.78, 5) is 41.9. The molecule has 0 amide bonds. The Morgan fingerprint density at radius 3 is 1.50 bits per heavy atom. The highest BCUT2D eigenvalue weighted by Crippen LogP contribution is 2.55. The van der Waals surface area contributed by atoms with Crippen molar-refractivity contribution in [1.82, 2.24) is 0 Å². The van der Waals surface area contributed by atoms with Gasteiger partial charge in [0.15, 0.2) is 23.0 Å². The Labute approximate surface area is 330 Å². The molecule has 0 fully saturated rings. The average Bonchev–Trinajstić information content (AvgIpc) is 3.77. The van der Waals surface area contributed by atoms with Gasteiger partial charge in [-0.2, -0.15) is 0 Å². The average molecular weight is 791 g/mol. The van der Waals surface area contributed by atoms with E-state index in [0.717, 1.165) is 0 Å². The third kappa shape index (κ3) is 6.14. The molecule has 13 heteroatoms. The van der Waals surface area contributed by atoms with E-state index in [4.69, 9.17) is 37.9 Å². The van der Waals surface area contributed by atoms with Crippen LogP contribution in [0.2, 0.25) is 0 Å². The highest BCUT2D eigenvalue weighted by molar-refractivity contribution is 6.16. The van der Waals surface area contributed by atoms with Crippen LogP contribution in [-0.4, -0.2) is 46.5 Å². The number of halogens is 2. The highest BCUT2D eigenvalue weighted by atomic mass is 19.1. The van der Waals surface area contributed by atoms with Crippen LogP contribution in [0.25, 0.3) is 43.8 Å². The fourth-order valence-corrected chi connectivity index (χ4v) is 7.75. The van der Waals surface area contributed by atoms with Crippen molar-refractivity contribution < 1.29 is 61.1 Å². The summed E-state index contributed by atoms with van der Waals surface area (Å²) in [5.41, 5.74) is 1.79. The zero-order valence-electron chi connectivity index (χ0n) is 32.5. The number of fused-ring (bicyclic) bond motifs is 4. The lowest BCUT2D eigenvalue weighted by Crippen LogP contribution is -2.21. The van der Waals surface area contributed by atoms with E-state index in [-0.39, 0.29) is 51.9 Å². The molecule has 6 aromatic carbocycles. The zero-order chi connectivity index (χ0) is 41.2. The van der Waals surface area contributed by atoms with Crippen LogP contribution in [-0.2, 0) is 16.1 Å². The molecule has 2 heterocycles. The van der Waals surface area contributed by atoms with E-state index in [1.54, 1.807) is 36.4 Å². The molecule has 0 bridgehead atoms. The smallest absolute Gasteiger partial charge is 0.493 e. The molecule has 2 aliphatic rings. The summed E-state index contributed by atoms with van der Waals surface area (Å²) in [6.07, 6.45) is -2.15. The summed E-state index contributed by atoms with van der Waals surface area (Å²) in [6.45, 7) is 5.35. The Kier molecular flexibility index (Phi) is 9.33. The number of esters is 2. The molecule has 8 rings (SSSR count). The van der Waals surface area contributed by atoms with E-state index in [2.05, 4.69) is 0 Å². The first-order valence-corrected chi connectivity index (χ1v) is 18.1. The van der Waals surface area contributed by atoms with Gasteiger partial charge in [0.2, 0.25) is 0 Å². The number of rotatable bonds is 8. The van der Waals surface area contributed by atoms with Crippen LogP contribution in [0.3, 0.4) is 0 Å². The number of hydrogen-bond acceptors (Lipinski definition) is 11. The van der Waals surface area contributed by atoms with Crippen molar-refractivity contribution in [3.63, 3.8) is 0 Å². The molecule has 0 saturated carbocycles. The largest absolute Gasteiger partial charge is 0.519 e. The Bertz CT molecular complexity index is 2700. The van der Waals surface area contributed by atoms with Gasteiger partial charge in [0.1, 0.15) is 35.8 Å². The number of cyclic esters (lactones) is 2. The van der Waals surface area contributed by atoms with E-state index in [1.807, 2.05) is 20.8 Å². The second kappa shape index (κ2) is 14.2. The lowest BCUT2D eigenvalue weighted by molar-refractivity contribution is 0.00729. The van der Waals surface area contributed by atoms with E-state index in [9.17, 15) is 23.2 Å². The first-order valence-electron chi connectivity index (χ1n) is 18.1. The summed E-state index contributed by atoms with van der Waals surface area (Å²) in [5.74, 6) is -1.24. The van der Waals surface area contributed by atoms with Gasteiger partial charge in [0, 0.05) is 32.9 Å². The molecule has 11 nitrogen and oxygen atoms in total. The van der Waals surface area contributed by atoms with Crippen LogP contribution in [0.5, 0.6) is 34.5 Å². The van der Waals surface area contributed by atoms with Gasteiger partial charge in [-0.3, -0.25) is 0 Å². The molecule has 1 unspecified atom stereocenters. The van der Waals surface area contributed by atoms with Gasteiger partial charge in [-0.15, -0.1) is 0 Å². The number of hydrogen-bond donors (Lipinski definition) is 0. The van der Waals surface area contributed by atoms with Gasteiger partial charge in [-0.25, -0.2) is 23.2 Å². The lowest BCUT2D eigenvalue weighted by atomic mass is 9.80. The predicted octanol–water partition coefficient (Wildman–Crippen LogP) is 10.1. The van der Waals surface area contributed by atoms with Crippen LogP contribution >= 0.6 is 0 Å². The summed E-state index contributed by atoms with van der Waals surface area (Å²) in [5, 5.41) is 1.46. The first-order chi connectivity index (χ1) is 27.8. The van der Waals surface area contributed by atoms with Gasteiger partial charge < -0.3 is 37.9 Å². The second-order valence-corrected chi connectivity index (χ2v) is 14.8. The Morgan fingerprint density at radius 2 is 1.03 bits per heavy atom. The molecular formula is C45H36F2O11. The van der Waals surface area contributed by atoms with E-state index in [0.29, 0.717) is 55.3 Å². The quantitative estimate of drug-likeness (QED) is 0.108. The van der Waals surface area contributed by atoms with Crippen LogP contribution in [0, 0.1) is 17.0 Å². The van der Waals surface area contributed by atoms with Gasteiger partial charge in [0.05, 0.1) is 45.1 Å². The summed E-state index contributed by atoms with van der Waals surface area (Å²) in [7, 11) is 5.80.